The van der Waals surface area contributed by atoms with E-state index < -0.39 is 12.0 Å². The summed E-state index contributed by atoms with van der Waals surface area (Å²) >= 11 is 5.48. The zero-order chi connectivity index (χ0) is 18.8. The molecule has 26 heavy (non-hydrogen) atoms. The van der Waals surface area contributed by atoms with E-state index in [1.54, 1.807) is 36.1 Å². The first-order chi connectivity index (χ1) is 12.4. The summed E-state index contributed by atoms with van der Waals surface area (Å²) in [5, 5.41) is 13.0. The van der Waals surface area contributed by atoms with E-state index in [1.807, 2.05) is 0 Å². The van der Waals surface area contributed by atoms with Crippen LogP contribution in [0.1, 0.15) is 18.5 Å². The second-order valence-corrected chi connectivity index (χ2v) is 6.16. The first kappa shape index (κ1) is 17.9. The van der Waals surface area contributed by atoms with E-state index >= 15 is 0 Å². The number of rotatable bonds is 3. The van der Waals surface area contributed by atoms with Gasteiger partial charge in [-0.2, -0.15) is 0 Å². The minimum atomic E-state index is -0.521. The molecule has 0 spiro atoms. The fourth-order valence-electron chi connectivity index (χ4n) is 2.94. The third-order valence-corrected chi connectivity index (χ3v) is 4.50. The quantitative estimate of drug-likeness (QED) is 0.636. The summed E-state index contributed by atoms with van der Waals surface area (Å²) < 4.78 is 18.2. The lowest BCUT2D eigenvalue weighted by Crippen LogP contribution is -2.48. The van der Waals surface area contributed by atoms with Gasteiger partial charge in [-0.15, -0.1) is 0 Å². The molecule has 0 unspecified atom stereocenters. The normalized spacial score (nSPS) is 17.1. The zero-order valence-electron chi connectivity index (χ0n) is 14.2. The maximum absolute atomic E-state index is 13.3. The number of hydrogen-bond donors (Lipinski definition) is 2. The fraction of sp³-hybridized carbons (Fsp3) is 0.158. The summed E-state index contributed by atoms with van der Waals surface area (Å²) in [5.74, 6) is -0.732. The molecular weight excluding hydrogens is 355 g/mol. The van der Waals surface area contributed by atoms with Crippen LogP contribution in [0.5, 0.6) is 5.75 Å². The van der Waals surface area contributed by atoms with E-state index in [1.165, 1.54) is 31.4 Å². The Morgan fingerprint density at radius 2 is 1.81 bits per heavy atom. The molecule has 0 radical (unpaired) electrons. The van der Waals surface area contributed by atoms with Gasteiger partial charge in [0.15, 0.2) is 5.11 Å². The predicted octanol–water partition coefficient (Wildman–Crippen LogP) is 3.41. The average molecular weight is 372 g/mol. The molecule has 0 aromatic heterocycles. The summed E-state index contributed by atoms with van der Waals surface area (Å²) in [6.45, 7) is 1.76. The van der Waals surface area contributed by atoms with E-state index in [4.69, 9.17) is 17.0 Å². The van der Waals surface area contributed by atoms with Crippen LogP contribution in [0, 0.1) is 5.82 Å². The number of phenols is 1. The molecule has 7 heteroatoms. The molecule has 0 fully saturated rings. The number of allylic oxidation sites excluding steroid dienone is 1. The Hall–Kier alpha value is -2.93. The number of carbonyl (C=O) groups excluding carboxylic acids is 1. The van der Waals surface area contributed by atoms with Gasteiger partial charge in [0.25, 0.3) is 0 Å². The van der Waals surface area contributed by atoms with Crippen molar-refractivity contribution in [2.75, 3.05) is 12.0 Å². The molecule has 0 bridgehead atoms. The van der Waals surface area contributed by atoms with Gasteiger partial charge in [0.1, 0.15) is 11.6 Å². The number of carbonyl (C=O) groups is 1. The van der Waals surface area contributed by atoms with Gasteiger partial charge in [-0.25, -0.2) is 9.18 Å². The summed E-state index contributed by atoms with van der Waals surface area (Å²) in [7, 11) is 1.31. The highest BCUT2D eigenvalue weighted by atomic mass is 32.1. The van der Waals surface area contributed by atoms with Crippen molar-refractivity contribution in [3.05, 3.63) is 71.2 Å². The molecule has 0 aliphatic carbocycles. The van der Waals surface area contributed by atoms with E-state index in [9.17, 15) is 14.3 Å². The number of nitrogens with zero attached hydrogens (tertiary/aromatic N) is 1. The lowest BCUT2D eigenvalue weighted by Gasteiger charge is -2.37. The summed E-state index contributed by atoms with van der Waals surface area (Å²) in [6.07, 6.45) is 0. The average Bonchev–Trinajstić information content (AvgIpc) is 2.63. The van der Waals surface area contributed by atoms with Crippen molar-refractivity contribution in [1.82, 2.24) is 5.32 Å². The third-order valence-electron chi connectivity index (χ3n) is 4.20. The van der Waals surface area contributed by atoms with Crippen LogP contribution in [0.4, 0.5) is 10.1 Å². The monoisotopic (exact) mass is 372 g/mol. The van der Waals surface area contributed by atoms with E-state index in [2.05, 4.69) is 5.32 Å². The van der Waals surface area contributed by atoms with Crippen LogP contribution in [0.3, 0.4) is 0 Å². The third kappa shape index (κ3) is 3.25. The Balaban J connectivity index is 2.12. The largest absolute Gasteiger partial charge is 0.508 e. The molecule has 1 aliphatic heterocycles. The Morgan fingerprint density at radius 3 is 2.38 bits per heavy atom. The number of esters is 1. The van der Waals surface area contributed by atoms with Crippen LogP contribution >= 0.6 is 12.2 Å². The number of anilines is 1. The van der Waals surface area contributed by atoms with Crippen molar-refractivity contribution < 1.29 is 19.0 Å². The number of phenolic OH excluding ortho intramolecular Hbond substituents is 1. The van der Waals surface area contributed by atoms with E-state index in [-0.39, 0.29) is 11.6 Å². The Morgan fingerprint density at radius 1 is 1.19 bits per heavy atom. The molecule has 2 aromatic carbocycles. The summed E-state index contributed by atoms with van der Waals surface area (Å²) in [4.78, 5) is 14.1. The second kappa shape index (κ2) is 7.13. The molecule has 1 atom stereocenters. The van der Waals surface area contributed by atoms with Crippen molar-refractivity contribution in [2.45, 2.75) is 13.0 Å². The van der Waals surface area contributed by atoms with Crippen molar-refractivity contribution in [1.29, 1.82) is 0 Å². The van der Waals surface area contributed by atoms with Gasteiger partial charge < -0.3 is 15.2 Å². The van der Waals surface area contributed by atoms with Crippen LogP contribution in [-0.4, -0.2) is 23.3 Å². The van der Waals surface area contributed by atoms with Crippen molar-refractivity contribution in [2.24, 2.45) is 0 Å². The van der Waals surface area contributed by atoms with Crippen molar-refractivity contribution in [3.63, 3.8) is 0 Å². The topological polar surface area (TPSA) is 61.8 Å². The molecule has 3 rings (SSSR count). The highest BCUT2D eigenvalue weighted by molar-refractivity contribution is 7.80. The second-order valence-electron chi connectivity index (χ2n) is 5.78. The molecular formula is C19H17FN2O3S. The number of benzene rings is 2. The first-order valence-corrected chi connectivity index (χ1v) is 8.27. The van der Waals surface area contributed by atoms with E-state index in [0.717, 1.165) is 5.56 Å². The smallest absolute Gasteiger partial charge is 0.337 e. The van der Waals surface area contributed by atoms with Crippen LogP contribution in [0.2, 0.25) is 0 Å². The number of ether oxygens (including phenoxy) is 1. The number of thiocarbonyl (C=S) groups is 1. The lowest BCUT2D eigenvalue weighted by molar-refractivity contribution is -0.136. The zero-order valence-corrected chi connectivity index (χ0v) is 15.0. The lowest BCUT2D eigenvalue weighted by atomic mass is 9.94. The standard InChI is InChI=1S/C19H17FN2O3S/c1-11-16(18(24)25-2)17(12-3-9-15(23)10-4-12)21-19(26)22(11)14-7-5-13(20)6-8-14/h3-10,17,23H,1-2H3,(H,21,26)/t17-/m1/s1. The fourth-order valence-corrected chi connectivity index (χ4v) is 3.30. The summed E-state index contributed by atoms with van der Waals surface area (Å²) in [5.41, 5.74) is 2.36. The molecule has 0 saturated heterocycles. The minimum Gasteiger partial charge on any atom is -0.508 e. The minimum absolute atomic E-state index is 0.125. The highest BCUT2D eigenvalue weighted by Crippen LogP contribution is 2.34. The number of aromatic hydroxyl groups is 1. The van der Waals surface area contributed by atoms with Gasteiger partial charge in [0.05, 0.1) is 18.7 Å². The Labute approximate surface area is 155 Å². The maximum atomic E-state index is 13.3. The van der Waals surface area contributed by atoms with Gasteiger partial charge in [-0.3, -0.25) is 4.90 Å². The molecule has 1 heterocycles. The SMILES string of the molecule is COC(=O)C1=C(C)N(c2ccc(F)cc2)C(=S)N[C@@H]1c1ccc(O)cc1. The molecule has 1 aliphatic rings. The first-order valence-electron chi connectivity index (χ1n) is 7.86. The molecule has 0 saturated carbocycles. The Bertz CT molecular complexity index is 879. The number of halogens is 1. The summed E-state index contributed by atoms with van der Waals surface area (Å²) in [6, 6.07) is 11.8. The highest BCUT2D eigenvalue weighted by Gasteiger charge is 2.35. The molecule has 0 amide bonds. The van der Waals surface area contributed by atoms with Crippen LogP contribution in [-0.2, 0) is 9.53 Å². The van der Waals surface area contributed by atoms with Gasteiger partial charge in [0.2, 0.25) is 0 Å². The number of hydrogen-bond acceptors (Lipinski definition) is 4. The van der Waals surface area contributed by atoms with Gasteiger partial charge >= 0.3 is 5.97 Å². The molecule has 5 nitrogen and oxygen atoms in total. The van der Waals surface area contributed by atoms with E-state index in [0.29, 0.717) is 22.1 Å². The van der Waals surface area contributed by atoms with Gasteiger partial charge in [-0.1, -0.05) is 12.1 Å². The maximum Gasteiger partial charge on any atom is 0.337 e. The van der Waals surface area contributed by atoms with Gasteiger partial charge in [0, 0.05) is 11.4 Å². The Kier molecular flexibility index (Phi) is 4.90. The molecule has 2 aromatic rings. The van der Waals surface area contributed by atoms with Crippen LogP contribution in [0.15, 0.2) is 59.8 Å². The van der Waals surface area contributed by atoms with Crippen molar-refractivity contribution in [3.8, 4) is 5.75 Å². The molecule has 134 valence electrons. The number of nitrogens with one attached hydrogen (secondary N) is 1. The molecule has 2 N–H and O–H groups in total. The van der Waals surface area contributed by atoms with Crippen LogP contribution in [0.25, 0.3) is 0 Å². The predicted molar refractivity (Wildman–Crippen MR) is 100 cm³/mol. The van der Waals surface area contributed by atoms with Crippen LogP contribution < -0.4 is 10.2 Å². The number of methoxy groups -OCH3 is 1. The van der Waals surface area contributed by atoms with Gasteiger partial charge in [-0.05, 0) is 61.1 Å². The van der Waals surface area contributed by atoms with Crippen molar-refractivity contribution >= 4 is 29.0 Å².